The van der Waals surface area contributed by atoms with Gasteiger partial charge in [-0.3, -0.25) is 5.43 Å². The number of anilines is 1. The summed E-state index contributed by atoms with van der Waals surface area (Å²) in [6.07, 6.45) is 4.56. The van der Waals surface area contributed by atoms with Crippen molar-refractivity contribution in [3.8, 4) is 17.1 Å². The molecule has 0 aliphatic heterocycles. The molecule has 0 fully saturated rings. The van der Waals surface area contributed by atoms with E-state index in [2.05, 4.69) is 20.2 Å². The van der Waals surface area contributed by atoms with E-state index >= 15 is 0 Å². The van der Waals surface area contributed by atoms with Crippen molar-refractivity contribution in [2.24, 2.45) is 5.10 Å². The van der Waals surface area contributed by atoms with Gasteiger partial charge in [-0.15, -0.1) is 0 Å². The normalized spacial score (nSPS) is 10.8. The van der Waals surface area contributed by atoms with Crippen molar-refractivity contribution in [1.82, 2.24) is 4.98 Å². The number of ether oxygens (including phenoxy) is 1. The Morgan fingerprint density at radius 3 is 2.76 bits per heavy atom. The molecule has 2 N–H and O–H groups in total. The highest BCUT2D eigenvalue weighted by atomic mass is 16.5. The third kappa shape index (κ3) is 3.84. The van der Waals surface area contributed by atoms with Gasteiger partial charge in [-0.05, 0) is 48.0 Å². The lowest BCUT2D eigenvalue weighted by Gasteiger charge is -2.04. The van der Waals surface area contributed by atoms with Gasteiger partial charge < -0.3 is 14.3 Å². The zero-order valence-electron chi connectivity index (χ0n) is 13.3. The van der Waals surface area contributed by atoms with Crippen molar-refractivity contribution in [3.63, 3.8) is 0 Å². The van der Waals surface area contributed by atoms with Crippen LogP contribution >= 0.6 is 0 Å². The zero-order chi connectivity index (χ0) is 17.6. The summed E-state index contributed by atoms with van der Waals surface area (Å²) >= 11 is 0. The Morgan fingerprint density at radius 1 is 1.28 bits per heavy atom. The summed E-state index contributed by atoms with van der Waals surface area (Å²) in [4.78, 5) is 15.4. The van der Waals surface area contributed by atoms with E-state index in [0.29, 0.717) is 11.3 Å². The van der Waals surface area contributed by atoms with Gasteiger partial charge in [0.05, 0.1) is 25.2 Å². The lowest BCUT2D eigenvalue weighted by Crippen LogP contribution is -2.02. The largest absolute Gasteiger partial charge is 0.507 e. The van der Waals surface area contributed by atoms with Gasteiger partial charge in [0.15, 0.2) is 12.2 Å². The van der Waals surface area contributed by atoms with Crippen LogP contribution in [0.2, 0.25) is 0 Å². The first-order valence-electron chi connectivity index (χ1n) is 7.36. The maximum atomic E-state index is 11.6. The van der Waals surface area contributed by atoms with Gasteiger partial charge in [-0.2, -0.15) is 5.10 Å². The van der Waals surface area contributed by atoms with Crippen LogP contribution in [0.1, 0.15) is 15.9 Å². The molecule has 7 heteroatoms. The van der Waals surface area contributed by atoms with Crippen molar-refractivity contribution in [1.29, 1.82) is 0 Å². The number of hydrogen-bond donors (Lipinski definition) is 2. The smallest absolute Gasteiger partial charge is 0.341 e. The number of phenols is 1. The molecule has 0 bridgehead atoms. The molecule has 126 valence electrons. The lowest BCUT2D eigenvalue weighted by atomic mass is 10.1. The summed E-state index contributed by atoms with van der Waals surface area (Å²) in [6, 6.07) is 12.0. The molecule has 3 rings (SSSR count). The van der Waals surface area contributed by atoms with Crippen LogP contribution in [0.25, 0.3) is 11.3 Å². The first-order valence-corrected chi connectivity index (χ1v) is 7.36. The Kier molecular flexibility index (Phi) is 4.75. The van der Waals surface area contributed by atoms with Gasteiger partial charge in [-0.1, -0.05) is 0 Å². The number of carbonyl (C=O) groups is 1. The van der Waals surface area contributed by atoms with E-state index in [1.807, 2.05) is 24.3 Å². The third-order valence-electron chi connectivity index (χ3n) is 3.43. The van der Waals surface area contributed by atoms with Gasteiger partial charge in [0.25, 0.3) is 0 Å². The number of benzene rings is 2. The fourth-order valence-electron chi connectivity index (χ4n) is 2.16. The van der Waals surface area contributed by atoms with Gasteiger partial charge in [0, 0.05) is 5.56 Å². The number of aromatic nitrogens is 1. The summed E-state index contributed by atoms with van der Waals surface area (Å²) in [6.45, 7) is 0. The number of rotatable bonds is 5. The minimum Gasteiger partial charge on any atom is -0.507 e. The molecule has 3 aromatic rings. The number of carbonyl (C=O) groups excluding carboxylic acids is 1. The Morgan fingerprint density at radius 2 is 2.08 bits per heavy atom. The van der Waals surface area contributed by atoms with Crippen LogP contribution in [0, 0.1) is 0 Å². The van der Waals surface area contributed by atoms with Gasteiger partial charge in [-0.25, -0.2) is 9.78 Å². The monoisotopic (exact) mass is 337 g/mol. The maximum absolute atomic E-state index is 11.6. The predicted molar refractivity (Wildman–Crippen MR) is 92.6 cm³/mol. The molecule has 0 spiro atoms. The minimum absolute atomic E-state index is 0.0860. The molecule has 25 heavy (non-hydrogen) atoms. The number of nitrogens with one attached hydrogen (secondary N) is 1. The molecule has 0 saturated heterocycles. The van der Waals surface area contributed by atoms with Crippen molar-refractivity contribution in [2.45, 2.75) is 0 Å². The highest BCUT2D eigenvalue weighted by molar-refractivity contribution is 5.95. The van der Waals surface area contributed by atoms with Gasteiger partial charge >= 0.3 is 5.97 Å². The number of hydrogen-bond acceptors (Lipinski definition) is 7. The van der Waals surface area contributed by atoms with Crippen LogP contribution in [0.3, 0.4) is 0 Å². The van der Waals surface area contributed by atoms with E-state index in [1.54, 1.807) is 12.3 Å². The van der Waals surface area contributed by atoms with Crippen molar-refractivity contribution >= 4 is 17.9 Å². The Balaban J connectivity index is 1.68. The minimum atomic E-state index is -0.608. The number of oxazole rings is 1. The Hall–Kier alpha value is -3.61. The van der Waals surface area contributed by atoms with Crippen LogP contribution < -0.4 is 5.43 Å². The fraction of sp³-hybridized carbons (Fsp3) is 0.0556. The molecule has 0 aliphatic carbocycles. The molecule has 0 atom stereocenters. The predicted octanol–water partition coefficient (Wildman–Crippen LogP) is 3.28. The van der Waals surface area contributed by atoms with Crippen LogP contribution in [0.4, 0.5) is 5.69 Å². The molecule has 0 radical (unpaired) electrons. The lowest BCUT2D eigenvalue weighted by molar-refractivity contribution is 0.0597. The number of hydrazone groups is 1. The second-order valence-corrected chi connectivity index (χ2v) is 5.08. The van der Waals surface area contributed by atoms with E-state index in [0.717, 1.165) is 11.3 Å². The molecule has 1 aromatic heterocycles. The van der Waals surface area contributed by atoms with E-state index < -0.39 is 5.97 Å². The first kappa shape index (κ1) is 16.3. The van der Waals surface area contributed by atoms with Crippen LogP contribution in [-0.4, -0.2) is 29.4 Å². The van der Waals surface area contributed by atoms with E-state index in [9.17, 15) is 9.90 Å². The molecule has 0 amide bonds. The quantitative estimate of drug-likeness (QED) is 0.421. The molecule has 2 aromatic carbocycles. The average molecular weight is 337 g/mol. The second kappa shape index (κ2) is 7.31. The van der Waals surface area contributed by atoms with Crippen LogP contribution in [0.5, 0.6) is 5.75 Å². The average Bonchev–Trinajstić information content (AvgIpc) is 3.18. The SMILES string of the molecule is COC(=O)c1cc(/C=N/Nc2ccc(-c3cnco3)cc2)ccc1O. The topological polar surface area (TPSA) is 97.0 Å². The number of nitrogens with zero attached hydrogens (tertiary/aromatic N) is 2. The first-order chi connectivity index (χ1) is 12.2. The number of methoxy groups -OCH3 is 1. The summed E-state index contributed by atoms with van der Waals surface area (Å²) in [5.74, 6) is -0.0573. The molecular weight excluding hydrogens is 322 g/mol. The molecule has 0 aliphatic rings. The highest BCUT2D eigenvalue weighted by Gasteiger charge is 2.11. The fourth-order valence-corrected chi connectivity index (χ4v) is 2.16. The Labute approximate surface area is 143 Å². The highest BCUT2D eigenvalue weighted by Crippen LogP contribution is 2.21. The third-order valence-corrected chi connectivity index (χ3v) is 3.43. The molecular formula is C18H15N3O4. The van der Waals surface area contributed by atoms with Crippen LogP contribution in [0.15, 0.2) is 64.6 Å². The summed E-state index contributed by atoms with van der Waals surface area (Å²) < 4.78 is 9.84. The molecule has 0 unspecified atom stereocenters. The molecule has 7 nitrogen and oxygen atoms in total. The second-order valence-electron chi connectivity index (χ2n) is 5.08. The van der Waals surface area contributed by atoms with Gasteiger partial charge in [0.1, 0.15) is 11.3 Å². The number of phenolic OH excluding ortho intramolecular Hbond substituents is 1. The summed E-state index contributed by atoms with van der Waals surface area (Å²) in [5.41, 5.74) is 5.31. The number of aromatic hydroxyl groups is 1. The summed E-state index contributed by atoms with van der Waals surface area (Å²) in [5, 5.41) is 13.8. The Bertz CT molecular complexity index is 887. The molecule has 1 heterocycles. The van der Waals surface area contributed by atoms with Gasteiger partial charge in [0.2, 0.25) is 0 Å². The molecule has 0 saturated carbocycles. The van der Waals surface area contributed by atoms with E-state index in [1.165, 1.54) is 31.9 Å². The standard InChI is InChI=1S/C18H15N3O4/c1-24-18(23)15-8-12(2-7-16(15)22)9-20-21-14-5-3-13(4-6-14)17-10-19-11-25-17/h2-11,21-22H,1H3/b20-9+. The van der Waals surface area contributed by atoms with Crippen molar-refractivity contribution in [3.05, 3.63) is 66.2 Å². The van der Waals surface area contributed by atoms with Crippen molar-refractivity contribution in [2.75, 3.05) is 12.5 Å². The van der Waals surface area contributed by atoms with E-state index in [-0.39, 0.29) is 11.3 Å². The van der Waals surface area contributed by atoms with Crippen molar-refractivity contribution < 1.29 is 19.1 Å². The zero-order valence-corrected chi connectivity index (χ0v) is 13.3. The van der Waals surface area contributed by atoms with E-state index in [4.69, 9.17) is 4.42 Å². The summed E-state index contributed by atoms with van der Waals surface area (Å²) in [7, 11) is 1.26. The van der Waals surface area contributed by atoms with Crippen LogP contribution in [-0.2, 0) is 4.74 Å². The maximum Gasteiger partial charge on any atom is 0.341 e. The number of esters is 1.